The van der Waals surface area contributed by atoms with E-state index < -0.39 is 0 Å². The lowest BCUT2D eigenvalue weighted by atomic mass is 10.1. The molecule has 0 aromatic carbocycles. The number of nitrogens with zero attached hydrogens (tertiary/aromatic N) is 1. The average molecular weight is 278 g/mol. The van der Waals surface area contributed by atoms with E-state index in [0.717, 1.165) is 5.69 Å². The molecule has 0 saturated heterocycles. The molecular formula is C15H19FN2S. The molecule has 0 saturated carbocycles. The summed E-state index contributed by atoms with van der Waals surface area (Å²) in [5.41, 5.74) is 2.19. The van der Waals surface area contributed by atoms with Crippen molar-refractivity contribution >= 4 is 11.3 Å². The molecule has 0 fully saturated rings. The van der Waals surface area contributed by atoms with E-state index >= 15 is 0 Å². The first-order valence-corrected chi connectivity index (χ1v) is 7.23. The summed E-state index contributed by atoms with van der Waals surface area (Å²) >= 11 is 1.82. The third-order valence-electron chi connectivity index (χ3n) is 3.24. The van der Waals surface area contributed by atoms with Crippen molar-refractivity contribution < 1.29 is 4.39 Å². The Hall–Kier alpha value is -1.26. The smallest absolute Gasteiger partial charge is 0.141 e. The van der Waals surface area contributed by atoms with Crippen LogP contribution in [0.2, 0.25) is 0 Å². The molecule has 2 heterocycles. The van der Waals surface area contributed by atoms with Crippen LogP contribution in [-0.2, 0) is 0 Å². The van der Waals surface area contributed by atoms with Crippen LogP contribution in [0.15, 0.2) is 24.4 Å². The maximum atomic E-state index is 12.9. The number of hydrogen-bond acceptors (Lipinski definition) is 3. The summed E-state index contributed by atoms with van der Waals surface area (Å²) in [6.45, 7) is 8.46. The van der Waals surface area contributed by atoms with Crippen LogP contribution in [0.5, 0.6) is 0 Å². The molecule has 4 heteroatoms. The van der Waals surface area contributed by atoms with E-state index in [1.807, 2.05) is 18.3 Å². The molecule has 0 amide bonds. The van der Waals surface area contributed by atoms with Crippen molar-refractivity contribution in [1.82, 2.24) is 10.3 Å². The Morgan fingerprint density at radius 3 is 2.47 bits per heavy atom. The topological polar surface area (TPSA) is 24.9 Å². The molecule has 2 aromatic rings. The summed E-state index contributed by atoms with van der Waals surface area (Å²) in [4.78, 5) is 6.79. The van der Waals surface area contributed by atoms with Gasteiger partial charge in [-0.3, -0.25) is 4.98 Å². The second kappa shape index (κ2) is 5.80. The van der Waals surface area contributed by atoms with Crippen molar-refractivity contribution in [2.45, 2.75) is 39.8 Å². The largest absolute Gasteiger partial charge is 0.302 e. The van der Waals surface area contributed by atoms with Gasteiger partial charge in [0, 0.05) is 21.8 Å². The molecule has 102 valence electrons. The highest BCUT2D eigenvalue weighted by Gasteiger charge is 2.15. The van der Waals surface area contributed by atoms with Crippen LogP contribution >= 0.6 is 11.3 Å². The van der Waals surface area contributed by atoms with Gasteiger partial charge < -0.3 is 5.32 Å². The van der Waals surface area contributed by atoms with Crippen molar-refractivity contribution in [3.63, 3.8) is 0 Å². The highest BCUT2D eigenvalue weighted by Crippen LogP contribution is 2.27. The summed E-state index contributed by atoms with van der Waals surface area (Å²) in [5.74, 6) is -0.298. The number of rotatable bonds is 4. The zero-order valence-corrected chi connectivity index (χ0v) is 12.5. The molecule has 0 radical (unpaired) electrons. The first kappa shape index (κ1) is 14.2. The molecule has 19 heavy (non-hydrogen) atoms. The maximum Gasteiger partial charge on any atom is 0.141 e. The van der Waals surface area contributed by atoms with Gasteiger partial charge in [0.15, 0.2) is 0 Å². The molecule has 2 atom stereocenters. The van der Waals surface area contributed by atoms with Gasteiger partial charge in [-0.2, -0.15) is 0 Å². The fourth-order valence-electron chi connectivity index (χ4n) is 2.27. The number of hydrogen-bond donors (Lipinski definition) is 1. The van der Waals surface area contributed by atoms with Crippen molar-refractivity contribution in [1.29, 1.82) is 0 Å². The van der Waals surface area contributed by atoms with Crippen molar-refractivity contribution in [3.8, 4) is 0 Å². The Morgan fingerprint density at radius 1 is 1.21 bits per heavy atom. The van der Waals surface area contributed by atoms with Gasteiger partial charge in [0.1, 0.15) is 5.82 Å². The SMILES string of the molecule is Cc1cc(C(C)NC(C)c2ccc(F)cn2)c(C)s1. The van der Waals surface area contributed by atoms with Crippen LogP contribution in [-0.4, -0.2) is 4.98 Å². The van der Waals surface area contributed by atoms with Crippen LogP contribution in [0.1, 0.15) is 46.9 Å². The zero-order chi connectivity index (χ0) is 14.0. The molecule has 2 unspecified atom stereocenters. The highest BCUT2D eigenvalue weighted by molar-refractivity contribution is 7.12. The fraction of sp³-hybridized carbons (Fsp3) is 0.400. The van der Waals surface area contributed by atoms with E-state index in [9.17, 15) is 4.39 Å². The van der Waals surface area contributed by atoms with Crippen LogP contribution in [0.3, 0.4) is 0 Å². The van der Waals surface area contributed by atoms with Gasteiger partial charge in [0.25, 0.3) is 0 Å². The minimum atomic E-state index is -0.298. The van der Waals surface area contributed by atoms with E-state index in [0.29, 0.717) is 0 Å². The minimum Gasteiger partial charge on any atom is -0.302 e. The molecule has 2 rings (SSSR count). The number of halogens is 1. The summed E-state index contributed by atoms with van der Waals surface area (Å²) in [5, 5.41) is 3.51. The van der Waals surface area contributed by atoms with Crippen LogP contribution in [0, 0.1) is 19.7 Å². The number of aryl methyl sites for hydroxylation is 2. The van der Waals surface area contributed by atoms with E-state index in [1.54, 1.807) is 6.07 Å². The zero-order valence-electron chi connectivity index (χ0n) is 11.7. The number of nitrogens with one attached hydrogen (secondary N) is 1. The summed E-state index contributed by atoms with van der Waals surface area (Å²) in [6.07, 6.45) is 1.26. The molecule has 2 nitrogen and oxygen atoms in total. The van der Waals surface area contributed by atoms with E-state index in [1.165, 1.54) is 27.6 Å². The first-order chi connectivity index (χ1) is 8.97. The summed E-state index contributed by atoms with van der Waals surface area (Å²) < 4.78 is 12.9. The third kappa shape index (κ3) is 3.39. The molecule has 0 spiro atoms. The van der Waals surface area contributed by atoms with E-state index in [2.05, 4.69) is 37.1 Å². The quantitative estimate of drug-likeness (QED) is 0.901. The highest BCUT2D eigenvalue weighted by atomic mass is 32.1. The molecule has 0 bridgehead atoms. The lowest BCUT2D eigenvalue weighted by Gasteiger charge is -2.19. The fourth-order valence-corrected chi connectivity index (χ4v) is 3.30. The first-order valence-electron chi connectivity index (χ1n) is 6.42. The molecular weight excluding hydrogens is 259 g/mol. The molecule has 1 N–H and O–H groups in total. The molecule has 0 aliphatic heterocycles. The second-order valence-corrected chi connectivity index (χ2v) is 6.34. The number of thiophene rings is 1. The number of pyridine rings is 1. The van der Waals surface area contributed by atoms with E-state index in [-0.39, 0.29) is 17.9 Å². The van der Waals surface area contributed by atoms with Crippen molar-refractivity contribution in [2.24, 2.45) is 0 Å². The van der Waals surface area contributed by atoms with Crippen molar-refractivity contribution in [2.75, 3.05) is 0 Å². The van der Waals surface area contributed by atoms with Crippen LogP contribution in [0.4, 0.5) is 4.39 Å². The van der Waals surface area contributed by atoms with Gasteiger partial charge in [-0.05, 0) is 51.5 Å². The lowest BCUT2D eigenvalue weighted by molar-refractivity contribution is 0.484. The monoisotopic (exact) mass is 278 g/mol. The van der Waals surface area contributed by atoms with Gasteiger partial charge >= 0.3 is 0 Å². The standard InChI is InChI=1S/C15H19FN2S/c1-9-7-14(12(4)19-9)10(2)18-11(3)15-6-5-13(16)8-17-15/h5-8,10-11,18H,1-4H3. The predicted octanol–water partition coefficient (Wildman–Crippen LogP) is 4.31. The Bertz CT molecular complexity index is 548. The number of aromatic nitrogens is 1. The molecule has 0 aliphatic carbocycles. The van der Waals surface area contributed by atoms with Crippen LogP contribution in [0.25, 0.3) is 0 Å². The minimum absolute atomic E-state index is 0.0928. The summed E-state index contributed by atoms with van der Waals surface area (Å²) in [6, 6.07) is 5.75. The van der Waals surface area contributed by atoms with Crippen LogP contribution < -0.4 is 5.32 Å². The van der Waals surface area contributed by atoms with Crippen molar-refractivity contribution in [3.05, 3.63) is 51.2 Å². The molecule has 2 aromatic heterocycles. The van der Waals surface area contributed by atoms with Gasteiger partial charge in [0.05, 0.1) is 11.9 Å². The average Bonchev–Trinajstić information content (AvgIpc) is 2.69. The van der Waals surface area contributed by atoms with Gasteiger partial charge in [-0.25, -0.2) is 4.39 Å². The third-order valence-corrected chi connectivity index (χ3v) is 4.22. The lowest BCUT2D eigenvalue weighted by Crippen LogP contribution is -2.23. The Kier molecular flexibility index (Phi) is 4.32. The van der Waals surface area contributed by atoms with E-state index in [4.69, 9.17) is 0 Å². The predicted molar refractivity (Wildman–Crippen MR) is 78.0 cm³/mol. The van der Waals surface area contributed by atoms with Gasteiger partial charge in [-0.1, -0.05) is 0 Å². The molecule has 0 aliphatic rings. The second-order valence-electron chi connectivity index (χ2n) is 4.88. The van der Waals surface area contributed by atoms with Gasteiger partial charge in [0.2, 0.25) is 0 Å². The normalized spacial score (nSPS) is 14.4. The maximum absolute atomic E-state index is 12.9. The Labute approximate surface area is 117 Å². The Balaban J connectivity index is 2.08. The van der Waals surface area contributed by atoms with Gasteiger partial charge in [-0.15, -0.1) is 11.3 Å². The Morgan fingerprint density at radius 2 is 1.95 bits per heavy atom. The summed E-state index contributed by atoms with van der Waals surface area (Å²) in [7, 11) is 0.